The average molecular weight is 264 g/mol. The van der Waals surface area contributed by atoms with Gasteiger partial charge in [-0.25, -0.2) is 0 Å². The molecule has 3 nitrogen and oxygen atoms in total. The van der Waals surface area contributed by atoms with Crippen molar-refractivity contribution in [2.45, 2.75) is 52.5 Å². The molecule has 0 aliphatic carbocycles. The second-order valence-corrected chi connectivity index (χ2v) is 5.07. The van der Waals surface area contributed by atoms with Gasteiger partial charge in [-0.05, 0) is 50.9 Å². The Morgan fingerprint density at radius 1 is 1.26 bits per heavy atom. The molecular weight excluding hydrogens is 236 g/mol. The summed E-state index contributed by atoms with van der Waals surface area (Å²) in [5, 5.41) is 3.55. The number of unbranched alkanes of at least 4 members (excludes halogenated alkanes) is 2. The van der Waals surface area contributed by atoms with Crippen LogP contribution in [0.2, 0.25) is 0 Å². The summed E-state index contributed by atoms with van der Waals surface area (Å²) in [7, 11) is 0. The minimum absolute atomic E-state index is 0.481. The Bertz CT molecular complexity index is 366. The molecule has 0 aromatic heterocycles. The Hall–Kier alpha value is -1.22. The van der Waals surface area contributed by atoms with Gasteiger partial charge in [-0.15, -0.1) is 0 Å². The third kappa shape index (κ3) is 5.97. The summed E-state index contributed by atoms with van der Waals surface area (Å²) < 4.78 is 5.45. The van der Waals surface area contributed by atoms with E-state index in [9.17, 15) is 0 Å². The number of nitrogens with one attached hydrogen (secondary N) is 1. The highest BCUT2D eigenvalue weighted by molar-refractivity contribution is 5.54. The van der Waals surface area contributed by atoms with Crippen LogP contribution in [0.15, 0.2) is 18.2 Å². The Morgan fingerprint density at radius 2 is 2.05 bits per heavy atom. The van der Waals surface area contributed by atoms with Gasteiger partial charge in [-0.2, -0.15) is 0 Å². The Kier molecular flexibility index (Phi) is 7.34. The van der Waals surface area contributed by atoms with E-state index in [0.29, 0.717) is 12.6 Å². The molecule has 0 aliphatic rings. The van der Waals surface area contributed by atoms with Crippen molar-refractivity contribution < 1.29 is 4.74 Å². The number of anilines is 1. The lowest BCUT2D eigenvalue weighted by Gasteiger charge is -2.15. The summed E-state index contributed by atoms with van der Waals surface area (Å²) in [5.74, 6) is 0.787. The first-order chi connectivity index (χ1) is 9.17. The minimum Gasteiger partial charge on any atom is -0.492 e. The SMILES string of the molecule is CCCCCNC(C)Cc1ccc(OCC)c(N)c1. The van der Waals surface area contributed by atoms with Gasteiger partial charge in [-0.1, -0.05) is 25.8 Å². The summed E-state index contributed by atoms with van der Waals surface area (Å²) in [6.07, 6.45) is 4.83. The van der Waals surface area contributed by atoms with Crippen molar-refractivity contribution in [1.82, 2.24) is 5.32 Å². The molecule has 1 rings (SSSR count). The maximum Gasteiger partial charge on any atom is 0.142 e. The molecule has 0 fully saturated rings. The number of rotatable bonds is 9. The standard InChI is InChI=1S/C16H28N2O/c1-4-6-7-10-18-13(3)11-14-8-9-16(19-5-2)15(17)12-14/h8-9,12-13,18H,4-7,10-11,17H2,1-3H3. The lowest BCUT2D eigenvalue weighted by Crippen LogP contribution is -2.29. The van der Waals surface area contributed by atoms with Crippen molar-refractivity contribution in [2.75, 3.05) is 18.9 Å². The van der Waals surface area contributed by atoms with Gasteiger partial charge in [0.1, 0.15) is 5.75 Å². The predicted molar refractivity (Wildman–Crippen MR) is 82.7 cm³/mol. The molecule has 1 atom stereocenters. The van der Waals surface area contributed by atoms with Crippen molar-refractivity contribution in [3.63, 3.8) is 0 Å². The van der Waals surface area contributed by atoms with Gasteiger partial charge < -0.3 is 15.8 Å². The molecule has 0 bridgehead atoms. The summed E-state index contributed by atoms with van der Waals surface area (Å²) in [4.78, 5) is 0. The van der Waals surface area contributed by atoms with Crippen LogP contribution >= 0.6 is 0 Å². The molecular formula is C16H28N2O. The fraction of sp³-hybridized carbons (Fsp3) is 0.625. The van der Waals surface area contributed by atoms with E-state index >= 15 is 0 Å². The van der Waals surface area contributed by atoms with Crippen LogP contribution in [0.25, 0.3) is 0 Å². The van der Waals surface area contributed by atoms with Crippen LogP contribution in [0.1, 0.15) is 45.6 Å². The number of hydrogen-bond donors (Lipinski definition) is 2. The summed E-state index contributed by atoms with van der Waals surface area (Å²) >= 11 is 0. The van der Waals surface area contributed by atoms with Gasteiger partial charge in [0.2, 0.25) is 0 Å². The lowest BCUT2D eigenvalue weighted by molar-refractivity contribution is 0.342. The molecule has 19 heavy (non-hydrogen) atoms. The number of ether oxygens (including phenoxy) is 1. The van der Waals surface area contributed by atoms with Crippen LogP contribution in [0.4, 0.5) is 5.69 Å². The molecule has 0 radical (unpaired) electrons. The molecule has 0 saturated carbocycles. The summed E-state index contributed by atoms with van der Waals surface area (Å²) in [6, 6.07) is 6.58. The van der Waals surface area contributed by atoms with E-state index < -0.39 is 0 Å². The monoisotopic (exact) mass is 264 g/mol. The maximum atomic E-state index is 5.98. The van der Waals surface area contributed by atoms with Crippen LogP contribution in [0.3, 0.4) is 0 Å². The van der Waals surface area contributed by atoms with Crippen molar-refractivity contribution in [3.05, 3.63) is 23.8 Å². The van der Waals surface area contributed by atoms with Crippen molar-refractivity contribution in [2.24, 2.45) is 0 Å². The van der Waals surface area contributed by atoms with Gasteiger partial charge >= 0.3 is 0 Å². The largest absolute Gasteiger partial charge is 0.492 e. The average Bonchev–Trinajstić information content (AvgIpc) is 2.38. The number of hydrogen-bond acceptors (Lipinski definition) is 3. The highest BCUT2D eigenvalue weighted by atomic mass is 16.5. The van der Waals surface area contributed by atoms with E-state index in [4.69, 9.17) is 10.5 Å². The fourth-order valence-corrected chi connectivity index (χ4v) is 2.16. The van der Waals surface area contributed by atoms with Crippen molar-refractivity contribution in [1.29, 1.82) is 0 Å². The highest BCUT2D eigenvalue weighted by Crippen LogP contribution is 2.23. The Balaban J connectivity index is 2.41. The van der Waals surface area contributed by atoms with Gasteiger partial charge in [0.15, 0.2) is 0 Å². The van der Waals surface area contributed by atoms with Gasteiger partial charge in [-0.3, -0.25) is 0 Å². The predicted octanol–water partition coefficient (Wildman–Crippen LogP) is 3.38. The Morgan fingerprint density at radius 3 is 2.68 bits per heavy atom. The molecule has 1 aromatic carbocycles. The summed E-state index contributed by atoms with van der Waals surface area (Å²) in [5.41, 5.74) is 7.97. The third-order valence-electron chi connectivity index (χ3n) is 3.19. The van der Waals surface area contributed by atoms with Crippen LogP contribution < -0.4 is 15.8 Å². The fourth-order valence-electron chi connectivity index (χ4n) is 2.16. The normalized spacial score (nSPS) is 12.4. The van der Waals surface area contributed by atoms with Crippen LogP contribution in [0.5, 0.6) is 5.75 Å². The second-order valence-electron chi connectivity index (χ2n) is 5.07. The molecule has 0 aliphatic heterocycles. The third-order valence-corrected chi connectivity index (χ3v) is 3.19. The van der Waals surface area contributed by atoms with E-state index in [1.807, 2.05) is 19.1 Å². The maximum absolute atomic E-state index is 5.98. The molecule has 0 amide bonds. The van der Waals surface area contributed by atoms with E-state index in [1.165, 1.54) is 24.8 Å². The van der Waals surface area contributed by atoms with E-state index in [0.717, 1.165) is 24.4 Å². The zero-order valence-corrected chi connectivity index (χ0v) is 12.5. The number of benzene rings is 1. The molecule has 0 saturated heterocycles. The van der Waals surface area contributed by atoms with Crippen molar-refractivity contribution >= 4 is 5.69 Å². The van der Waals surface area contributed by atoms with Crippen molar-refractivity contribution in [3.8, 4) is 5.75 Å². The first kappa shape index (κ1) is 15.8. The number of nitrogens with two attached hydrogens (primary N) is 1. The molecule has 108 valence electrons. The number of nitrogen functional groups attached to an aromatic ring is 1. The molecule has 3 heteroatoms. The molecule has 1 unspecified atom stereocenters. The van der Waals surface area contributed by atoms with Crippen LogP contribution in [0, 0.1) is 0 Å². The highest BCUT2D eigenvalue weighted by Gasteiger charge is 2.05. The first-order valence-electron chi connectivity index (χ1n) is 7.42. The van der Waals surface area contributed by atoms with Crippen LogP contribution in [-0.2, 0) is 6.42 Å². The zero-order chi connectivity index (χ0) is 14.1. The lowest BCUT2D eigenvalue weighted by atomic mass is 10.1. The van der Waals surface area contributed by atoms with E-state index in [1.54, 1.807) is 0 Å². The van der Waals surface area contributed by atoms with Gasteiger partial charge in [0, 0.05) is 6.04 Å². The molecule has 3 N–H and O–H groups in total. The topological polar surface area (TPSA) is 47.3 Å². The summed E-state index contributed by atoms with van der Waals surface area (Å²) in [6.45, 7) is 8.17. The minimum atomic E-state index is 0.481. The smallest absolute Gasteiger partial charge is 0.142 e. The molecule has 0 heterocycles. The van der Waals surface area contributed by atoms with Gasteiger partial charge in [0.25, 0.3) is 0 Å². The van der Waals surface area contributed by atoms with E-state index in [-0.39, 0.29) is 0 Å². The molecule has 0 spiro atoms. The quantitative estimate of drug-likeness (QED) is 0.531. The first-order valence-corrected chi connectivity index (χ1v) is 7.42. The zero-order valence-electron chi connectivity index (χ0n) is 12.5. The Labute approximate surface area is 117 Å². The molecule has 1 aromatic rings. The van der Waals surface area contributed by atoms with E-state index in [2.05, 4.69) is 25.2 Å². The second kappa shape index (κ2) is 8.81. The van der Waals surface area contributed by atoms with Crippen LogP contribution in [-0.4, -0.2) is 19.2 Å². The van der Waals surface area contributed by atoms with Gasteiger partial charge in [0.05, 0.1) is 12.3 Å².